The fourth-order valence-electron chi connectivity index (χ4n) is 1.63. The van der Waals surface area contributed by atoms with E-state index < -0.39 is 0 Å². The highest BCUT2D eigenvalue weighted by Crippen LogP contribution is 2.21. The van der Waals surface area contributed by atoms with E-state index in [2.05, 4.69) is 4.98 Å². The van der Waals surface area contributed by atoms with Crippen LogP contribution in [0.15, 0.2) is 42.6 Å². The van der Waals surface area contributed by atoms with Gasteiger partial charge in [0.15, 0.2) is 0 Å². The largest absolute Gasteiger partial charge is 0.392 e. The van der Waals surface area contributed by atoms with Crippen LogP contribution in [0, 0.1) is 0 Å². The lowest BCUT2D eigenvalue weighted by Gasteiger charge is -2.06. The second-order valence-electron chi connectivity index (χ2n) is 3.57. The minimum absolute atomic E-state index is 0.0618. The molecule has 0 saturated heterocycles. The quantitative estimate of drug-likeness (QED) is 0.817. The fourth-order valence-corrected chi connectivity index (χ4v) is 1.63. The Balaban J connectivity index is 2.42. The SMILES string of the molecule is NCc1cccnc1-c1ccc(CO)cc1. The van der Waals surface area contributed by atoms with Crippen molar-refractivity contribution in [3.05, 3.63) is 53.7 Å². The van der Waals surface area contributed by atoms with E-state index in [1.54, 1.807) is 6.20 Å². The van der Waals surface area contributed by atoms with Gasteiger partial charge in [0.25, 0.3) is 0 Å². The van der Waals surface area contributed by atoms with E-state index in [1.165, 1.54) is 0 Å². The Bertz CT molecular complexity index is 466. The molecule has 2 aromatic rings. The molecule has 0 atom stereocenters. The Labute approximate surface area is 94.6 Å². The Kier molecular flexibility index (Phi) is 3.29. The van der Waals surface area contributed by atoms with Crippen molar-refractivity contribution in [3.63, 3.8) is 0 Å². The van der Waals surface area contributed by atoms with E-state index in [-0.39, 0.29) is 6.61 Å². The first-order valence-corrected chi connectivity index (χ1v) is 5.19. The van der Waals surface area contributed by atoms with Gasteiger partial charge < -0.3 is 10.8 Å². The molecule has 0 saturated carbocycles. The molecule has 0 amide bonds. The van der Waals surface area contributed by atoms with Gasteiger partial charge in [-0.15, -0.1) is 0 Å². The molecule has 3 nitrogen and oxygen atoms in total. The summed E-state index contributed by atoms with van der Waals surface area (Å²) in [7, 11) is 0. The lowest BCUT2D eigenvalue weighted by molar-refractivity contribution is 0.282. The van der Waals surface area contributed by atoms with Crippen molar-refractivity contribution in [1.29, 1.82) is 0 Å². The summed E-state index contributed by atoms with van der Waals surface area (Å²) in [6, 6.07) is 11.5. The van der Waals surface area contributed by atoms with E-state index in [9.17, 15) is 0 Å². The Hall–Kier alpha value is -1.71. The number of benzene rings is 1. The first kappa shape index (κ1) is 10.8. The average molecular weight is 214 g/mol. The van der Waals surface area contributed by atoms with Gasteiger partial charge in [0, 0.05) is 18.3 Å². The van der Waals surface area contributed by atoms with Crippen LogP contribution < -0.4 is 5.73 Å². The fraction of sp³-hybridized carbons (Fsp3) is 0.154. The van der Waals surface area contributed by atoms with Crippen LogP contribution in [-0.2, 0) is 13.2 Å². The molecule has 82 valence electrons. The van der Waals surface area contributed by atoms with Gasteiger partial charge in [-0.05, 0) is 17.2 Å². The topological polar surface area (TPSA) is 59.1 Å². The molecule has 3 heteroatoms. The van der Waals surface area contributed by atoms with Gasteiger partial charge >= 0.3 is 0 Å². The highest BCUT2D eigenvalue weighted by Gasteiger charge is 2.04. The smallest absolute Gasteiger partial charge is 0.0746 e. The Morgan fingerprint density at radius 3 is 2.50 bits per heavy atom. The van der Waals surface area contributed by atoms with E-state index in [0.29, 0.717) is 6.54 Å². The summed E-state index contributed by atoms with van der Waals surface area (Å²) in [5.41, 5.74) is 9.53. The number of aliphatic hydroxyl groups is 1. The molecular formula is C13H14N2O. The van der Waals surface area contributed by atoms with Crippen LogP contribution in [0.2, 0.25) is 0 Å². The van der Waals surface area contributed by atoms with Crippen molar-refractivity contribution >= 4 is 0 Å². The lowest BCUT2D eigenvalue weighted by Crippen LogP contribution is -2.00. The second-order valence-corrected chi connectivity index (χ2v) is 3.57. The zero-order valence-corrected chi connectivity index (χ0v) is 8.93. The molecule has 0 unspecified atom stereocenters. The maximum atomic E-state index is 8.96. The molecule has 16 heavy (non-hydrogen) atoms. The number of rotatable bonds is 3. The van der Waals surface area contributed by atoms with Crippen molar-refractivity contribution in [2.24, 2.45) is 5.73 Å². The minimum Gasteiger partial charge on any atom is -0.392 e. The van der Waals surface area contributed by atoms with Crippen LogP contribution in [-0.4, -0.2) is 10.1 Å². The van der Waals surface area contributed by atoms with E-state index >= 15 is 0 Å². The summed E-state index contributed by atoms with van der Waals surface area (Å²) in [4.78, 5) is 4.33. The summed E-state index contributed by atoms with van der Waals surface area (Å²) in [6.07, 6.45) is 1.76. The van der Waals surface area contributed by atoms with E-state index in [4.69, 9.17) is 10.8 Å². The Morgan fingerprint density at radius 1 is 1.12 bits per heavy atom. The molecule has 1 heterocycles. The van der Waals surface area contributed by atoms with Gasteiger partial charge in [0.05, 0.1) is 12.3 Å². The first-order chi connectivity index (χ1) is 7.85. The van der Waals surface area contributed by atoms with Gasteiger partial charge in [-0.2, -0.15) is 0 Å². The molecule has 2 rings (SSSR count). The number of aliphatic hydroxyl groups excluding tert-OH is 1. The van der Waals surface area contributed by atoms with Crippen LogP contribution in [0.1, 0.15) is 11.1 Å². The maximum Gasteiger partial charge on any atom is 0.0746 e. The third kappa shape index (κ3) is 2.10. The molecule has 0 fully saturated rings. The van der Waals surface area contributed by atoms with Gasteiger partial charge in [-0.1, -0.05) is 30.3 Å². The Morgan fingerprint density at radius 2 is 1.88 bits per heavy atom. The third-order valence-corrected chi connectivity index (χ3v) is 2.52. The van der Waals surface area contributed by atoms with Gasteiger partial charge in [0.1, 0.15) is 0 Å². The molecule has 0 aliphatic rings. The van der Waals surface area contributed by atoms with Crippen LogP contribution in [0.3, 0.4) is 0 Å². The molecule has 1 aromatic heterocycles. The molecule has 1 aromatic carbocycles. The minimum atomic E-state index is 0.0618. The molecule has 0 radical (unpaired) electrons. The highest BCUT2D eigenvalue weighted by atomic mass is 16.3. The monoisotopic (exact) mass is 214 g/mol. The highest BCUT2D eigenvalue weighted by molar-refractivity contribution is 5.63. The first-order valence-electron chi connectivity index (χ1n) is 5.19. The summed E-state index contributed by atoms with van der Waals surface area (Å²) in [6.45, 7) is 0.539. The van der Waals surface area contributed by atoms with Crippen molar-refractivity contribution < 1.29 is 5.11 Å². The zero-order valence-electron chi connectivity index (χ0n) is 8.93. The summed E-state index contributed by atoms with van der Waals surface area (Å²) in [5.74, 6) is 0. The molecule has 0 aliphatic carbocycles. The average Bonchev–Trinajstić information content (AvgIpc) is 2.39. The van der Waals surface area contributed by atoms with Crippen molar-refractivity contribution in [1.82, 2.24) is 4.98 Å². The van der Waals surface area contributed by atoms with Gasteiger partial charge in [-0.3, -0.25) is 4.98 Å². The van der Waals surface area contributed by atoms with Crippen molar-refractivity contribution in [2.75, 3.05) is 0 Å². The molecular weight excluding hydrogens is 200 g/mol. The number of nitrogens with two attached hydrogens (primary N) is 1. The summed E-state index contributed by atoms with van der Waals surface area (Å²) in [5, 5.41) is 8.96. The van der Waals surface area contributed by atoms with Gasteiger partial charge in [-0.25, -0.2) is 0 Å². The molecule has 0 aliphatic heterocycles. The maximum absolute atomic E-state index is 8.96. The predicted octanol–water partition coefficient (Wildman–Crippen LogP) is 1.70. The predicted molar refractivity (Wildman–Crippen MR) is 63.5 cm³/mol. The summed E-state index contributed by atoms with van der Waals surface area (Å²) >= 11 is 0. The molecule has 0 spiro atoms. The zero-order chi connectivity index (χ0) is 11.4. The van der Waals surface area contributed by atoms with Crippen LogP contribution in [0.4, 0.5) is 0 Å². The number of nitrogens with zero attached hydrogens (tertiary/aromatic N) is 1. The standard InChI is InChI=1S/C13H14N2O/c14-8-12-2-1-7-15-13(12)11-5-3-10(9-16)4-6-11/h1-7,16H,8-9,14H2. The number of pyridine rings is 1. The van der Waals surface area contributed by atoms with Crippen LogP contribution >= 0.6 is 0 Å². The molecule has 0 bridgehead atoms. The normalized spacial score (nSPS) is 10.4. The number of hydrogen-bond donors (Lipinski definition) is 2. The number of aromatic nitrogens is 1. The van der Waals surface area contributed by atoms with Crippen molar-refractivity contribution in [2.45, 2.75) is 13.2 Å². The molecule has 3 N–H and O–H groups in total. The van der Waals surface area contributed by atoms with Crippen LogP contribution in [0.5, 0.6) is 0 Å². The van der Waals surface area contributed by atoms with Gasteiger partial charge in [0.2, 0.25) is 0 Å². The van der Waals surface area contributed by atoms with E-state index in [1.807, 2.05) is 36.4 Å². The van der Waals surface area contributed by atoms with Crippen molar-refractivity contribution in [3.8, 4) is 11.3 Å². The number of hydrogen-bond acceptors (Lipinski definition) is 3. The third-order valence-electron chi connectivity index (χ3n) is 2.52. The van der Waals surface area contributed by atoms with Crippen LogP contribution in [0.25, 0.3) is 11.3 Å². The second kappa shape index (κ2) is 4.88. The lowest BCUT2D eigenvalue weighted by atomic mass is 10.0. The van der Waals surface area contributed by atoms with E-state index in [0.717, 1.165) is 22.4 Å². The summed E-state index contributed by atoms with van der Waals surface area (Å²) < 4.78 is 0.